The lowest BCUT2D eigenvalue weighted by molar-refractivity contribution is 0.162. The third-order valence-corrected chi connectivity index (χ3v) is 4.28. The Hall–Kier alpha value is 0. The van der Waals surface area contributed by atoms with Crippen molar-refractivity contribution in [2.45, 2.75) is 46.0 Å². The van der Waals surface area contributed by atoms with Gasteiger partial charge in [-0.3, -0.25) is 0 Å². The lowest BCUT2D eigenvalue weighted by Gasteiger charge is -2.34. The van der Waals surface area contributed by atoms with Crippen LogP contribution in [0.5, 0.6) is 0 Å². The molecule has 0 saturated heterocycles. The molecule has 3 atom stereocenters. The lowest BCUT2D eigenvalue weighted by Crippen LogP contribution is -2.24. The standard InChI is InChI=1S/C11H20/c1-8-6-7-11(9(8)2)10-4-3-5-10/h8-11H,3-7H2,1-2H3. The van der Waals surface area contributed by atoms with Gasteiger partial charge in [0.15, 0.2) is 0 Å². The van der Waals surface area contributed by atoms with Gasteiger partial charge in [0.05, 0.1) is 0 Å². The molecular weight excluding hydrogens is 132 g/mol. The summed E-state index contributed by atoms with van der Waals surface area (Å²) in [6, 6.07) is 0. The van der Waals surface area contributed by atoms with Crippen molar-refractivity contribution in [2.75, 3.05) is 0 Å². The molecule has 2 aliphatic rings. The van der Waals surface area contributed by atoms with Crippen molar-refractivity contribution >= 4 is 0 Å². The summed E-state index contributed by atoms with van der Waals surface area (Å²) in [7, 11) is 0. The van der Waals surface area contributed by atoms with E-state index in [1.807, 2.05) is 0 Å². The summed E-state index contributed by atoms with van der Waals surface area (Å²) in [5.74, 6) is 4.29. The van der Waals surface area contributed by atoms with Gasteiger partial charge < -0.3 is 0 Å². The summed E-state index contributed by atoms with van der Waals surface area (Å²) >= 11 is 0. The second-order valence-corrected chi connectivity index (χ2v) is 4.77. The maximum atomic E-state index is 2.47. The maximum absolute atomic E-state index is 2.47. The predicted molar refractivity (Wildman–Crippen MR) is 48.4 cm³/mol. The van der Waals surface area contributed by atoms with Crippen LogP contribution in [0.3, 0.4) is 0 Å². The first-order valence-corrected chi connectivity index (χ1v) is 5.29. The van der Waals surface area contributed by atoms with Crippen LogP contribution in [0.1, 0.15) is 46.0 Å². The van der Waals surface area contributed by atoms with E-state index in [0.717, 1.165) is 23.7 Å². The van der Waals surface area contributed by atoms with Crippen LogP contribution in [-0.2, 0) is 0 Å². The van der Waals surface area contributed by atoms with Gasteiger partial charge >= 0.3 is 0 Å². The van der Waals surface area contributed by atoms with Crippen LogP contribution < -0.4 is 0 Å². The highest BCUT2D eigenvalue weighted by Crippen LogP contribution is 2.47. The Kier molecular flexibility index (Phi) is 1.95. The van der Waals surface area contributed by atoms with E-state index in [1.165, 1.54) is 19.3 Å². The maximum Gasteiger partial charge on any atom is -0.0357 e. The molecule has 0 aliphatic heterocycles. The quantitative estimate of drug-likeness (QED) is 0.539. The zero-order valence-corrected chi connectivity index (χ0v) is 7.84. The van der Waals surface area contributed by atoms with E-state index in [4.69, 9.17) is 0 Å². The molecule has 2 aliphatic carbocycles. The van der Waals surface area contributed by atoms with Gasteiger partial charge in [0.25, 0.3) is 0 Å². The van der Waals surface area contributed by atoms with Gasteiger partial charge in [0.1, 0.15) is 0 Å². The molecule has 0 aromatic carbocycles. The minimum absolute atomic E-state index is 1.01. The minimum atomic E-state index is 1.01. The van der Waals surface area contributed by atoms with E-state index in [1.54, 1.807) is 12.8 Å². The van der Waals surface area contributed by atoms with Gasteiger partial charge in [-0.2, -0.15) is 0 Å². The Morgan fingerprint density at radius 2 is 1.64 bits per heavy atom. The third kappa shape index (κ3) is 1.21. The normalized spacial score (nSPS) is 45.8. The molecule has 64 valence electrons. The SMILES string of the molecule is CC1CCC(C2CCC2)C1C. The largest absolute Gasteiger partial charge is 0.0622 e. The number of rotatable bonds is 1. The Bertz CT molecular complexity index is 135. The number of hydrogen-bond donors (Lipinski definition) is 0. The summed E-state index contributed by atoms with van der Waals surface area (Å²) in [4.78, 5) is 0. The lowest BCUT2D eigenvalue weighted by atomic mass is 9.71. The van der Waals surface area contributed by atoms with Crippen molar-refractivity contribution < 1.29 is 0 Å². The summed E-state index contributed by atoms with van der Waals surface area (Å²) in [5.41, 5.74) is 0. The average Bonchev–Trinajstić information content (AvgIpc) is 2.15. The first-order valence-electron chi connectivity index (χ1n) is 5.29. The van der Waals surface area contributed by atoms with E-state index >= 15 is 0 Å². The molecule has 0 aromatic rings. The van der Waals surface area contributed by atoms with Crippen molar-refractivity contribution in [3.63, 3.8) is 0 Å². The molecule has 0 heteroatoms. The first kappa shape index (κ1) is 7.64. The molecule has 2 fully saturated rings. The highest BCUT2D eigenvalue weighted by atomic mass is 14.4. The minimum Gasteiger partial charge on any atom is -0.0622 e. The molecular formula is C11H20. The van der Waals surface area contributed by atoms with E-state index < -0.39 is 0 Å². The molecule has 0 bridgehead atoms. The van der Waals surface area contributed by atoms with Crippen molar-refractivity contribution in [1.82, 2.24) is 0 Å². The fourth-order valence-electron chi connectivity index (χ4n) is 2.94. The van der Waals surface area contributed by atoms with Crippen molar-refractivity contribution in [2.24, 2.45) is 23.7 Å². The predicted octanol–water partition coefficient (Wildman–Crippen LogP) is 3.47. The van der Waals surface area contributed by atoms with E-state index in [0.29, 0.717) is 0 Å². The van der Waals surface area contributed by atoms with Crippen LogP contribution in [-0.4, -0.2) is 0 Å². The van der Waals surface area contributed by atoms with Crippen molar-refractivity contribution in [1.29, 1.82) is 0 Å². The molecule has 11 heavy (non-hydrogen) atoms. The van der Waals surface area contributed by atoms with Crippen LogP contribution in [0.25, 0.3) is 0 Å². The van der Waals surface area contributed by atoms with Gasteiger partial charge in [-0.15, -0.1) is 0 Å². The first-order chi connectivity index (χ1) is 5.29. The fourth-order valence-corrected chi connectivity index (χ4v) is 2.94. The van der Waals surface area contributed by atoms with Crippen LogP contribution >= 0.6 is 0 Å². The zero-order valence-electron chi connectivity index (χ0n) is 7.84. The molecule has 0 spiro atoms. The van der Waals surface area contributed by atoms with Crippen molar-refractivity contribution in [3.05, 3.63) is 0 Å². The molecule has 0 N–H and O–H groups in total. The second-order valence-electron chi connectivity index (χ2n) is 4.77. The van der Waals surface area contributed by atoms with Gasteiger partial charge in [0, 0.05) is 0 Å². The Morgan fingerprint density at radius 3 is 2.00 bits per heavy atom. The summed E-state index contributed by atoms with van der Waals surface area (Å²) in [6.45, 7) is 4.91. The average molecular weight is 152 g/mol. The monoisotopic (exact) mass is 152 g/mol. The molecule has 2 rings (SSSR count). The molecule has 2 saturated carbocycles. The molecule has 0 aromatic heterocycles. The highest BCUT2D eigenvalue weighted by Gasteiger charge is 2.37. The Labute approximate surface area is 70.4 Å². The number of hydrogen-bond acceptors (Lipinski definition) is 0. The highest BCUT2D eigenvalue weighted by molar-refractivity contribution is 4.87. The third-order valence-electron chi connectivity index (χ3n) is 4.28. The molecule has 0 heterocycles. The van der Waals surface area contributed by atoms with Crippen LogP contribution in [0.15, 0.2) is 0 Å². The van der Waals surface area contributed by atoms with E-state index in [9.17, 15) is 0 Å². The van der Waals surface area contributed by atoms with Gasteiger partial charge in [-0.25, -0.2) is 0 Å². The smallest absolute Gasteiger partial charge is 0.0357 e. The van der Waals surface area contributed by atoms with Crippen molar-refractivity contribution in [3.8, 4) is 0 Å². The summed E-state index contributed by atoms with van der Waals surface area (Å²) in [6.07, 6.45) is 7.64. The zero-order chi connectivity index (χ0) is 7.84. The second kappa shape index (κ2) is 2.80. The molecule has 0 amide bonds. The van der Waals surface area contributed by atoms with Crippen LogP contribution in [0.4, 0.5) is 0 Å². The molecule has 3 unspecified atom stereocenters. The summed E-state index contributed by atoms with van der Waals surface area (Å²) < 4.78 is 0. The fraction of sp³-hybridized carbons (Fsp3) is 1.00. The van der Waals surface area contributed by atoms with Gasteiger partial charge in [-0.05, 0) is 30.1 Å². The topological polar surface area (TPSA) is 0 Å². The van der Waals surface area contributed by atoms with E-state index in [2.05, 4.69) is 13.8 Å². The van der Waals surface area contributed by atoms with Gasteiger partial charge in [-0.1, -0.05) is 39.5 Å². The van der Waals surface area contributed by atoms with Gasteiger partial charge in [0.2, 0.25) is 0 Å². The summed E-state index contributed by atoms with van der Waals surface area (Å²) in [5, 5.41) is 0. The van der Waals surface area contributed by atoms with E-state index in [-0.39, 0.29) is 0 Å². The molecule has 0 nitrogen and oxygen atoms in total. The Morgan fingerprint density at radius 1 is 0.909 bits per heavy atom. The van der Waals surface area contributed by atoms with Crippen LogP contribution in [0, 0.1) is 23.7 Å². The Balaban J connectivity index is 1.93. The molecule has 0 radical (unpaired) electrons. The van der Waals surface area contributed by atoms with Crippen LogP contribution in [0.2, 0.25) is 0 Å².